The third-order valence-electron chi connectivity index (χ3n) is 5.20. The van der Waals surface area contributed by atoms with E-state index in [1.165, 1.54) is 12.1 Å². The van der Waals surface area contributed by atoms with Gasteiger partial charge < -0.3 is 5.32 Å². The van der Waals surface area contributed by atoms with Crippen molar-refractivity contribution in [1.29, 1.82) is 5.26 Å². The molecule has 1 aromatic carbocycles. The Morgan fingerprint density at radius 2 is 1.87 bits per heavy atom. The average molecular weight is 464 g/mol. The Bertz CT molecular complexity index is 937. The molecule has 11 heteroatoms. The SMILES string of the molecule is N#CC1(NC(=O)C[C@H](N[C@@H](c2ccc(Cl)cc2)C(F)(F)F)S(=O)(=O)CC2CC2)CC1. The van der Waals surface area contributed by atoms with Crippen molar-refractivity contribution in [2.24, 2.45) is 5.92 Å². The highest BCUT2D eigenvalue weighted by Crippen LogP contribution is 2.37. The molecule has 164 valence electrons. The van der Waals surface area contributed by atoms with Crippen LogP contribution in [-0.2, 0) is 14.6 Å². The molecule has 2 fully saturated rings. The minimum Gasteiger partial charge on any atom is -0.338 e. The van der Waals surface area contributed by atoms with E-state index in [0.29, 0.717) is 25.7 Å². The summed E-state index contributed by atoms with van der Waals surface area (Å²) in [6.07, 6.45) is -3.28. The summed E-state index contributed by atoms with van der Waals surface area (Å²) < 4.78 is 66.9. The fourth-order valence-electron chi connectivity index (χ4n) is 3.12. The lowest BCUT2D eigenvalue weighted by atomic mass is 10.1. The van der Waals surface area contributed by atoms with Crippen LogP contribution in [0.25, 0.3) is 0 Å². The highest BCUT2D eigenvalue weighted by atomic mass is 35.5. The van der Waals surface area contributed by atoms with Gasteiger partial charge in [-0.2, -0.15) is 18.4 Å². The molecular formula is C19H21ClF3N3O3S. The topological polar surface area (TPSA) is 99.1 Å². The molecule has 1 amide bonds. The molecule has 2 N–H and O–H groups in total. The molecule has 2 saturated carbocycles. The normalized spacial score (nSPS) is 20.1. The van der Waals surface area contributed by atoms with Gasteiger partial charge in [0, 0.05) is 5.02 Å². The first kappa shape index (κ1) is 22.8. The maximum absolute atomic E-state index is 13.8. The summed E-state index contributed by atoms with van der Waals surface area (Å²) in [5.74, 6) is -1.16. The Morgan fingerprint density at radius 3 is 2.33 bits per heavy atom. The van der Waals surface area contributed by atoms with Crippen molar-refractivity contribution >= 4 is 27.3 Å². The van der Waals surface area contributed by atoms with E-state index in [1.807, 2.05) is 6.07 Å². The van der Waals surface area contributed by atoms with E-state index in [2.05, 4.69) is 10.6 Å². The van der Waals surface area contributed by atoms with Crippen LogP contribution < -0.4 is 10.6 Å². The number of nitriles is 1. The Hall–Kier alpha value is -1.83. The number of carbonyl (C=O) groups excluding carboxylic acids is 1. The number of alkyl halides is 3. The highest BCUT2D eigenvalue weighted by Gasteiger charge is 2.47. The predicted octanol–water partition coefficient (Wildman–Crippen LogP) is 3.25. The third-order valence-corrected chi connectivity index (χ3v) is 7.55. The molecule has 0 bridgehead atoms. The summed E-state index contributed by atoms with van der Waals surface area (Å²) in [5, 5.41) is 12.2. The molecule has 2 aliphatic rings. The van der Waals surface area contributed by atoms with Gasteiger partial charge in [-0.15, -0.1) is 0 Å². The summed E-state index contributed by atoms with van der Waals surface area (Å²) in [6, 6.07) is 4.52. The number of rotatable bonds is 9. The van der Waals surface area contributed by atoms with E-state index in [1.54, 1.807) is 0 Å². The first-order chi connectivity index (χ1) is 13.9. The van der Waals surface area contributed by atoms with Crippen LogP contribution in [0.15, 0.2) is 24.3 Å². The van der Waals surface area contributed by atoms with E-state index in [-0.39, 0.29) is 22.3 Å². The Morgan fingerprint density at radius 1 is 1.27 bits per heavy atom. The molecule has 2 aliphatic carbocycles. The van der Waals surface area contributed by atoms with Crippen molar-refractivity contribution < 1.29 is 26.4 Å². The number of amides is 1. The maximum atomic E-state index is 13.8. The van der Waals surface area contributed by atoms with E-state index in [0.717, 1.165) is 12.1 Å². The Balaban J connectivity index is 1.84. The molecule has 2 atom stereocenters. The zero-order valence-corrected chi connectivity index (χ0v) is 17.4. The monoisotopic (exact) mass is 463 g/mol. The number of carbonyl (C=O) groups is 1. The van der Waals surface area contributed by atoms with Gasteiger partial charge in [-0.3, -0.25) is 10.1 Å². The molecule has 3 rings (SSSR count). The van der Waals surface area contributed by atoms with Crippen LogP contribution in [0.4, 0.5) is 13.2 Å². The zero-order valence-electron chi connectivity index (χ0n) is 15.9. The van der Waals surface area contributed by atoms with Crippen molar-refractivity contribution in [3.63, 3.8) is 0 Å². The van der Waals surface area contributed by atoms with Gasteiger partial charge in [0.25, 0.3) is 0 Å². The van der Waals surface area contributed by atoms with Crippen molar-refractivity contribution in [2.45, 2.75) is 55.2 Å². The number of hydrogen-bond donors (Lipinski definition) is 2. The maximum Gasteiger partial charge on any atom is 0.407 e. The molecule has 0 unspecified atom stereocenters. The summed E-state index contributed by atoms with van der Waals surface area (Å²) in [6.45, 7) is 0. The van der Waals surface area contributed by atoms with Crippen molar-refractivity contribution in [3.05, 3.63) is 34.9 Å². The fourth-order valence-corrected chi connectivity index (χ4v) is 5.21. The molecule has 0 radical (unpaired) electrons. The van der Waals surface area contributed by atoms with Gasteiger partial charge in [0.15, 0.2) is 9.84 Å². The number of nitrogens with zero attached hydrogens (tertiary/aromatic N) is 1. The summed E-state index contributed by atoms with van der Waals surface area (Å²) in [4.78, 5) is 12.4. The Kier molecular flexibility index (Phi) is 6.37. The first-order valence-electron chi connectivity index (χ1n) is 9.46. The lowest BCUT2D eigenvalue weighted by Gasteiger charge is -2.28. The van der Waals surface area contributed by atoms with Gasteiger partial charge in [0.1, 0.15) is 17.0 Å². The molecule has 0 aliphatic heterocycles. The summed E-state index contributed by atoms with van der Waals surface area (Å²) in [7, 11) is -4.05. The molecule has 1 aromatic rings. The third kappa shape index (κ3) is 5.86. The van der Waals surface area contributed by atoms with E-state index in [9.17, 15) is 26.4 Å². The van der Waals surface area contributed by atoms with Gasteiger partial charge in [-0.05, 0) is 49.3 Å². The zero-order chi connectivity index (χ0) is 22.2. The van der Waals surface area contributed by atoms with Crippen molar-refractivity contribution in [1.82, 2.24) is 10.6 Å². The van der Waals surface area contributed by atoms with Crippen LogP contribution in [0.3, 0.4) is 0 Å². The second kappa shape index (κ2) is 8.36. The number of hydrogen-bond acceptors (Lipinski definition) is 5. The predicted molar refractivity (Wildman–Crippen MR) is 104 cm³/mol. The summed E-state index contributed by atoms with van der Waals surface area (Å²) in [5.41, 5.74) is -1.25. The second-order valence-corrected chi connectivity index (χ2v) is 10.6. The molecule has 6 nitrogen and oxygen atoms in total. The minimum absolute atomic E-state index is 0.101. The molecular weight excluding hydrogens is 443 g/mol. The van der Waals surface area contributed by atoms with Crippen LogP contribution in [0, 0.1) is 17.2 Å². The van der Waals surface area contributed by atoms with Gasteiger partial charge >= 0.3 is 6.18 Å². The minimum atomic E-state index is -4.80. The smallest absolute Gasteiger partial charge is 0.338 e. The molecule has 0 spiro atoms. The molecule has 0 aromatic heterocycles. The largest absolute Gasteiger partial charge is 0.407 e. The van der Waals surface area contributed by atoms with E-state index >= 15 is 0 Å². The van der Waals surface area contributed by atoms with Gasteiger partial charge in [-0.1, -0.05) is 23.7 Å². The first-order valence-corrected chi connectivity index (χ1v) is 11.6. The standard InChI is InChI=1S/C19H21ClF3N3O3S/c20-14-5-3-13(4-6-14)17(19(21,22)23)25-16(30(28,29)10-12-1-2-12)9-15(27)26-18(11-24)7-8-18/h3-6,12,16-17,25H,1-2,7-10H2,(H,26,27)/t16-,17+/m1/s1. The van der Waals surface area contributed by atoms with Crippen LogP contribution in [-0.4, -0.2) is 37.2 Å². The van der Waals surface area contributed by atoms with Gasteiger partial charge in [0.05, 0.1) is 18.2 Å². The van der Waals surface area contributed by atoms with Crippen LogP contribution in [0.1, 0.15) is 43.7 Å². The highest BCUT2D eigenvalue weighted by molar-refractivity contribution is 7.92. The van der Waals surface area contributed by atoms with E-state index < -0.39 is 45.3 Å². The second-order valence-electron chi connectivity index (χ2n) is 7.90. The van der Waals surface area contributed by atoms with Crippen molar-refractivity contribution in [3.8, 4) is 6.07 Å². The van der Waals surface area contributed by atoms with Crippen LogP contribution in [0.2, 0.25) is 5.02 Å². The number of halogens is 4. The number of sulfone groups is 1. The van der Waals surface area contributed by atoms with Crippen molar-refractivity contribution in [2.75, 3.05) is 5.75 Å². The fraction of sp³-hybridized carbons (Fsp3) is 0.579. The van der Waals surface area contributed by atoms with Crippen LogP contribution >= 0.6 is 11.6 Å². The van der Waals surface area contributed by atoms with Gasteiger partial charge in [0.2, 0.25) is 5.91 Å². The number of nitrogens with one attached hydrogen (secondary N) is 2. The molecule has 30 heavy (non-hydrogen) atoms. The van der Waals surface area contributed by atoms with E-state index in [4.69, 9.17) is 16.9 Å². The van der Waals surface area contributed by atoms with Gasteiger partial charge in [-0.25, -0.2) is 8.42 Å². The average Bonchev–Trinajstić information content (AvgIpc) is 3.56. The molecule has 0 saturated heterocycles. The quantitative estimate of drug-likeness (QED) is 0.585. The molecule has 0 heterocycles. The summed E-state index contributed by atoms with van der Waals surface area (Å²) >= 11 is 5.75. The number of benzene rings is 1. The lowest BCUT2D eigenvalue weighted by Crippen LogP contribution is -2.49. The van der Waals surface area contributed by atoms with Crippen LogP contribution in [0.5, 0.6) is 0 Å². The lowest BCUT2D eigenvalue weighted by molar-refractivity contribution is -0.158. The Labute approximate surface area is 177 Å².